The molecule has 8 heteroatoms. The summed E-state index contributed by atoms with van der Waals surface area (Å²) in [6.07, 6.45) is 2.93. The smallest absolute Gasteiger partial charge is 0.240 e. The second-order valence-electron chi connectivity index (χ2n) is 6.82. The van der Waals surface area contributed by atoms with Gasteiger partial charge in [0, 0.05) is 25.1 Å². The van der Waals surface area contributed by atoms with E-state index in [1.165, 1.54) is 0 Å². The summed E-state index contributed by atoms with van der Waals surface area (Å²) in [5, 5.41) is 3.99. The maximum atomic E-state index is 11.8. The Morgan fingerprint density at radius 1 is 1.35 bits per heavy atom. The monoisotopic (exact) mass is 343 g/mol. The predicted molar refractivity (Wildman–Crippen MR) is 84.8 cm³/mol. The number of aromatic nitrogens is 2. The molecule has 7 nitrogen and oxygen atoms in total. The first-order valence-corrected chi connectivity index (χ1v) is 10.1. The normalized spacial score (nSPS) is 27.3. The molecule has 0 amide bonds. The fraction of sp³-hybridized carbons (Fsp3) is 0.867. The maximum Gasteiger partial charge on any atom is 0.240 e. The van der Waals surface area contributed by atoms with Crippen molar-refractivity contribution in [2.45, 2.75) is 57.7 Å². The third-order valence-electron chi connectivity index (χ3n) is 4.53. The number of hydrogen-bond donors (Lipinski definition) is 0. The van der Waals surface area contributed by atoms with Crippen LogP contribution in [0.2, 0.25) is 0 Å². The highest BCUT2D eigenvalue weighted by atomic mass is 32.2. The van der Waals surface area contributed by atoms with Gasteiger partial charge in [-0.3, -0.25) is 4.90 Å². The summed E-state index contributed by atoms with van der Waals surface area (Å²) in [5.41, 5.74) is 0. The van der Waals surface area contributed by atoms with Gasteiger partial charge in [-0.15, -0.1) is 0 Å². The van der Waals surface area contributed by atoms with Crippen LogP contribution in [0.5, 0.6) is 0 Å². The summed E-state index contributed by atoms with van der Waals surface area (Å²) < 4.78 is 34.7. The second-order valence-corrected chi connectivity index (χ2v) is 9.05. The summed E-state index contributed by atoms with van der Waals surface area (Å²) in [6, 6.07) is 0.0126. The van der Waals surface area contributed by atoms with Crippen molar-refractivity contribution in [3.63, 3.8) is 0 Å². The highest BCUT2D eigenvalue weighted by molar-refractivity contribution is 7.91. The van der Waals surface area contributed by atoms with Crippen molar-refractivity contribution in [2.75, 3.05) is 24.7 Å². The Balaban J connectivity index is 1.71. The van der Waals surface area contributed by atoms with E-state index in [0.29, 0.717) is 24.7 Å². The van der Waals surface area contributed by atoms with Gasteiger partial charge < -0.3 is 9.26 Å². The van der Waals surface area contributed by atoms with Gasteiger partial charge >= 0.3 is 0 Å². The molecule has 0 aliphatic carbocycles. The summed E-state index contributed by atoms with van der Waals surface area (Å²) in [7, 11) is -2.92. The van der Waals surface area contributed by atoms with E-state index < -0.39 is 9.84 Å². The topological polar surface area (TPSA) is 85.5 Å². The molecule has 2 fully saturated rings. The quantitative estimate of drug-likeness (QED) is 0.771. The number of hydrogen-bond acceptors (Lipinski definition) is 7. The Kier molecular flexibility index (Phi) is 5.03. The summed E-state index contributed by atoms with van der Waals surface area (Å²) in [5.74, 6) is 1.93. The molecule has 0 spiro atoms. The molecule has 3 rings (SSSR count). The second kappa shape index (κ2) is 6.86. The van der Waals surface area contributed by atoms with Crippen LogP contribution in [0, 0.1) is 0 Å². The highest BCUT2D eigenvalue weighted by Crippen LogP contribution is 2.23. The molecule has 2 unspecified atom stereocenters. The van der Waals surface area contributed by atoms with Crippen molar-refractivity contribution in [1.29, 1.82) is 0 Å². The van der Waals surface area contributed by atoms with Crippen molar-refractivity contribution >= 4 is 9.84 Å². The van der Waals surface area contributed by atoms with E-state index in [4.69, 9.17) is 9.26 Å². The standard InChI is InChI=1S/C15H25N3O4S/c1-11(2)15-16-14(22-17-15)9-18(8-13-4-3-6-21-13)12-5-7-23(19,20)10-12/h11-13H,3-10H2,1-2H3. The molecule has 2 atom stereocenters. The number of nitrogens with zero attached hydrogens (tertiary/aromatic N) is 3. The van der Waals surface area contributed by atoms with Crippen LogP contribution in [0.25, 0.3) is 0 Å². The lowest BCUT2D eigenvalue weighted by atomic mass is 10.1. The van der Waals surface area contributed by atoms with Gasteiger partial charge in [-0.05, 0) is 19.3 Å². The van der Waals surface area contributed by atoms with E-state index in [1.807, 2.05) is 13.8 Å². The molecule has 0 saturated carbocycles. The van der Waals surface area contributed by atoms with Gasteiger partial charge in [-0.1, -0.05) is 19.0 Å². The van der Waals surface area contributed by atoms with Gasteiger partial charge in [0.25, 0.3) is 0 Å². The fourth-order valence-corrected chi connectivity index (χ4v) is 4.96. The fourth-order valence-electron chi connectivity index (χ4n) is 3.20. The first-order chi connectivity index (χ1) is 10.9. The van der Waals surface area contributed by atoms with Crippen molar-refractivity contribution < 1.29 is 17.7 Å². The van der Waals surface area contributed by atoms with Gasteiger partial charge in [0.1, 0.15) is 0 Å². The number of ether oxygens (including phenoxy) is 1. The van der Waals surface area contributed by atoms with Crippen LogP contribution in [0.15, 0.2) is 4.52 Å². The van der Waals surface area contributed by atoms with Crippen LogP contribution < -0.4 is 0 Å². The minimum atomic E-state index is -2.92. The van der Waals surface area contributed by atoms with E-state index >= 15 is 0 Å². The molecule has 1 aromatic heterocycles. The minimum absolute atomic E-state index is 0.0126. The summed E-state index contributed by atoms with van der Waals surface area (Å²) in [6.45, 7) is 6.03. The molecular weight excluding hydrogens is 318 g/mol. The zero-order chi connectivity index (χ0) is 16.4. The third-order valence-corrected chi connectivity index (χ3v) is 6.28. The van der Waals surface area contributed by atoms with Crippen LogP contribution in [-0.4, -0.2) is 60.3 Å². The van der Waals surface area contributed by atoms with Crippen molar-refractivity contribution in [1.82, 2.24) is 15.0 Å². The number of rotatable bonds is 6. The van der Waals surface area contributed by atoms with Gasteiger partial charge in [0.05, 0.1) is 24.2 Å². The predicted octanol–water partition coefficient (Wildman–Crippen LogP) is 1.36. The molecule has 0 aromatic carbocycles. The molecular formula is C15H25N3O4S. The molecule has 1 aromatic rings. The lowest BCUT2D eigenvalue weighted by molar-refractivity contribution is 0.0529. The molecule has 3 heterocycles. The largest absolute Gasteiger partial charge is 0.377 e. The molecule has 0 bridgehead atoms. The third kappa shape index (κ3) is 4.30. The zero-order valence-electron chi connectivity index (χ0n) is 13.8. The van der Waals surface area contributed by atoms with Crippen LogP contribution >= 0.6 is 0 Å². The minimum Gasteiger partial charge on any atom is -0.377 e. The first kappa shape index (κ1) is 16.9. The molecule has 0 N–H and O–H groups in total. The summed E-state index contributed by atoms with van der Waals surface area (Å²) >= 11 is 0. The van der Waals surface area contributed by atoms with E-state index in [0.717, 1.165) is 26.0 Å². The van der Waals surface area contributed by atoms with Crippen LogP contribution in [0.1, 0.15) is 50.7 Å². The lowest BCUT2D eigenvalue weighted by Crippen LogP contribution is -2.40. The highest BCUT2D eigenvalue weighted by Gasteiger charge is 2.34. The molecule has 130 valence electrons. The maximum absolute atomic E-state index is 11.8. The Labute approximate surface area is 137 Å². The van der Waals surface area contributed by atoms with Crippen LogP contribution in [0.4, 0.5) is 0 Å². The van der Waals surface area contributed by atoms with Crippen molar-refractivity contribution in [3.8, 4) is 0 Å². The first-order valence-electron chi connectivity index (χ1n) is 8.31. The Morgan fingerprint density at radius 3 is 2.74 bits per heavy atom. The van der Waals surface area contributed by atoms with Crippen molar-refractivity contribution in [3.05, 3.63) is 11.7 Å². The Hall–Kier alpha value is -0.990. The molecule has 0 radical (unpaired) electrons. The van der Waals surface area contributed by atoms with E-state index in [1.54, 1.807) is 0 Å². The molecule has 2 aliphatic heterocycles. The lowest BCUT2D eigenvalue weighted by Gasteiger charge is -2.28. The van der Waals surface area contributed by atoms with Gasteiger partial charge in [-0.25, -0.2) is 8.42 Å². The van der Waals surface area contributed by atoms with E-state index in [2.05, 4.69) is 15.0 Å². The average Bonchev–Trinajstić information content (AvgIpc) is 3.18. The van der Waals surface area contributed by atoms with Gasteiger partial charge in [0.2, 0.25) is 5.89 Å². The van der Waals surface area contributed by atoms with Crippen LogP contribution in [-0.2, 0) is 21.1 Å². The number of sulfone groups is 1. The zero-order valence-corrected chi connectivity index (χ0v) is 14.6. The Bertz CT molecular complexity index is 622. The molecule has 2 saturated heterocycles. The van der Waals surface area contributed by atoms with Gasteiger partial charge in [0.15, 0.2) is 15.7 Å². The SMILES string of the molecule is CC(C)c1noc(CN(CC2CCCO2)C2CCS(=O)(=O)C2)n1. The van der Waals surface area contributed by atoms with E-state index in [9.17, 15) is 8.42 Å². The summed E-state index contributed by atoms with van der Waals surface area (Å²) in [4.78, 5) is 6.57. The van der Waals surface area contributed by atoms with E-state index in [-0.39, 0.29) is 29.6 Å². The van der Waals surface area contributed by atoms with Crippen molar-refractivity contribution in [2.24, 2.45) is 0 Å². The molecule has 23 heavy (non-hydrogen) atoms. The average molecular weight is 343 g/mol. The van der Waals surface area contributed by atoms with Gasteiger partial charge in [-0.2, -0.15) is 4.98 Å². The molecule has 2 aliphatic rings. The Morgan fingerprint density at radius 2 is 2.17 bits per heavy atom. The van der Waals surface area contributed by atoms with Crippen LogP contribution in [0.3, 0.4) is 0 Å².